The zero-order valence-corrected chi connectivity index (χ0v) is 37.1. The van der Waals surface area contributed by atoms with Gasteiger partial charge >= 0.3 is 24.0 Å². The number of ether oxygens (including phenoxy) is 7. The molecule has 3 aliphatic heterocycles. The van der Waals surface area contributed by atoms with E-state index in [9.17, 15) is 38.9 Å². The van der Waals surface area contributed by atoms with Crippen molar-refractivity contribution in [1.82, 2.24) is 10.2 Å². The van der Waals surface area contributed by atoms with Gasteiger partial charge in [-0.05, 0) is 90.0 Å². The first-order chi connectivity index (χ1) is 28.9. The SMILES string of the molecule is CC(=O)O[C@@]12CO[C@@H]1CCC1[C@@H]2[C@H](OC(=O)c2ccccc2)[C@]2(O)C[C@H](OC(=O)[C@H](O)[C@H](CF)NC(=O)OC(C)(C)C)C(C)=C([C@H]3O[C@@H](CN4CC[C@H]4C(C)(C)O)O[C@@H]13)C2(C)C. The third kappa shape index (κ3) is 8.27. The summed E-state index contributed by atoms with van der Waals surface area (Å²) in [6, 6.07) is 6.36. The summed E-state index contributed by atoms with van der Waals surface area (Å²) in [5.41, 5.74) is -5.60. The number of aliphatic hydroxyl groups is 3. The van der Waals surface area contributed by atoms with Crippen molar-refractivity contribution in [2.24, 2.45) is 17.3 Å². The number of nitrogens with one attached hydrogen (secondary N) is 1. The standard InChI is InChI=1S/C45H63FN2O14/c1-23-28(57-39(52)34(50)27(20-46)47-40(53)62-41(3,4)5)19-45(55)37(60-38(51)25-13-11-10-12-14-25)33-26(15-16-30-44(33,22-56-30)61-24(2)49)35-36(32(23)42(45,6)7)59-31(58-35)21-48-18-17-29(48)43(8,9)54/h10-14,26-31,33-37,50,54-55H,15-22H2,1-9H3,(H,47,53)/t26?,27-,28-,29-,30+,31-,33+,34+,35-,36+,37-,44-,45+/m0/s1. The van der Waals surface area contributed by atoms with Crippen molar-refractivity contribution < 1.29 is 72.0 Å². The van der Waals surface area contributed by atoms with Crippen molar-refractivity contribution >= 4 is 24.0 Å². The number of halogens is 1. The molecule has 3 heterocycles. The molecular weight excluding hydrogens is 811 g/mol. The molecule has 13 atom stereocenters. The number of likely N-dealkylation sites (tertiary alicyclic amines) is 1. The maximum atomic E-state index is 14.4. The lowest BCUT2D eigenvalue weighted by Gasteiger charge is -2.65. The molecule has 16 nitrogen and oxygen atoms in total. The molecule has 2 saturated carbocycles. The summed E-state index contributed by atoms with van der Waals surface area (Å²) < 4.78 is 58.4. The van der Waals surface area contributed by atoms with Crippen LogP contribution in [0.3, 0.4) is 0 Å². The van der Waals surface area contributed by atoms with Crippen molar-refractivity contribution in [1.29, 1.82) is 0 Å². The quantitative estimate of drug-likeness (QED) is 0.143. The van der Waals surface area contributed by atoms with Crippen molar-refractivity contribution in [3.05, 3.63) is 47.0 Å². The van der Waals surface area contributed by atoms with Crippen LogP contribution in [0.4, 0.5) is 9.18 Å². The first-order valence-corrected chi connectivity index (χ1v) is 21.6. The fourth-order valence-electron chi connectivity index (χ4n) is 11.0. The Hall–Kier alpha value is -3.71. The van der Waals surface area contributed by atoms with E-state index in [-0.39, 0.29) is 24.6 Å². The number of aliphatic hydroxyl groups excluding tert-OH is 1. The van der Waals surface area contributed by atoms with Crippen molar-refractivity contribution in [3.8, 4) is 0 Å². The average Bonchev–Trinajstić information content (AvgIpc) is 3.55. The average molecular weight is 875 g/mol. The lowest BCUT2D eigenvalue weighted by molar-refractivity contribution is -0.330. The lowest BCUT2D eigenvalue weighted by Crippen LogP contribution is -2.77. The molecule has 6 aliphatic rings. The number of carbonyl (C=O) groups is 4. The summed E-state index contributed by atoms with van der Waals surface area (Å²) in [7, 11) is 0. The summed E-state index contributed by atoms with van der Waals surface area (Å²) in [6.45, 7) is 14.5. The molecule has 62 heavy (non-hydrogen) atoms. The van der Waals surface area contributed by atoms with E-state index in [2.05, 4.69) is 10.2 Å². The summed E-state index contributed by atoms with van der Waals surface area (Å²) in [5.74, 6) is -4.15. The van der Waals surface area contributed by atoms with Crippen LogP contribution < -0.4 is 5.32 Å². The number of alkyl carbamates (subject to hydrolysis) is 1. The van der Waals surface area contributed by atoms with E-state index >= 15 is 0 Å². The molecule has 3 saturated heterocycles. The van der Waals surface area contributed by atoms with Crippen LogP contribution in [0.15, 0.2) is 41.5 Å². The molecule has 344 valence electrons. The molecule has 0 spiro atoms. The first kappa shape index (κ1) is 46.3. The van der Waals surface area contributed by atoms with Gasteiger partial charge in [0.2, 0.25) is 0 Å². The van der Waals surface area contributed by atoms with Crippen LogP contribution in [-0.4, -0.2) is 148 Å². The van der Waals surface area contributed by atoms with Gasteiger partial charge in [0.15, 0.2) is 18.0 Å². The minimum atomic E-state index is -2.20. The van der Waals surface area contributed by atoms with Crippen LogP contribution in [0.25, 0.3) is 0 Å². The third-order valence-electron chi connectivity index (χ3n) is 14.1. The molecule has 4 N–H and O–H groups in total. The van der Waals surface area contributed by atoms with Gasteiger partial charge in [-0.3, -0.25) is 9.69 Å². The maximum Gasteiger partial charge on any atom is 0.408 e. The van der Waals surface area contributed by atoms with Crippen LogP contribution >= 0.6 is 0 Å². The van der Waals surface area contributed by atoms with Gasteiger partial charge in [-0.25, -0.2) is 18.8 Å². The summed E-state index contributed by atoms with van der Waals surface area (Å²) in [4.78, 5) is 55.9. The number of fused-ring (bicyclic) bond motifs is 8. The van der Waals surface area contributed by atoms with Gasteiger partial charge in [0, 0.05) is 43.8 Å². The molecule has 2 bridgehead atoms. The Bertz CT molecular complexity index is 1910. The zero-order chi connectivity index (χ0) is 45.3. The van der Waals surface area contributed by atoms with Crippen LogP contribution in [0.2, 0.25) is 0 Å². The van der Waals surface area contributed by atoms with E-state index in [1.807, 2.05) is 0 Å². The Morgan fingerprint density at radius 2 is 1.73 bits per heavy atom. The van der Waals surface area contributed by atoms with E-state index in [1.165, 1.54) is 6.92 Å². The molecule has 1 aromatic rings. The number of amides is 1. The van der Waals surface area contributed by atoms with Gasteiger partial charge < -0.3 is 53.8 Å². The molecule has 0 radical (unpaired) electrons. The fourth-order valence-corrected chi connectivity index (χ4v) is 11.0. The number of alkyl halides is 1. The fraction of sp³-hybridized carbons (Fsp3) is 0.733. The van der Waals surface area contributed by atoms with Crippen LogP contribution in [0.5, 0.6) is 0 Å². The Kier molecular flexibility index (Phi) is 12.5. The number of nitrogens with zero attached hydrogens (tertiary/aromatic N) is 1. The second-order valence-electron chi connectivity index (χ2n) is 20.0. The van der Waals surface area contributed by atoms with E-state index in [0.717, 1.165) is 6.42 Å². The van der Waals surface area contributed by atoms with Crippen LogP contribution in [0.1, 0.15) is 98.4 Å². The summed E-state index contributed by atoms with van der Waals surface area (Å²) in [5, 5.41) is 38.0. The molecule has 1 aromatic carbocycles. The summed E-state index contributed by atoms with van der Waals surface area (Å²) >= 11 is 0. The smallest absolute Gasteiger partial charge is 0.408 e. The number of hydrogen-bond acceptors (Lipinski definition) is 15. The van der Waals surface area contributed by atoms with Gasteiger partial charge in [-0.15, -0.1) is 0 Å². The number of hydrogen-bond donors (Lipinski definition) is 4. The predicted octanol–water partition coefficient (Wildman–Crippen LogP) is 3.52. The monoisotopic (exact) mass is 874 g/mol. The number of benzene rings is 1. The van der Waals surface area contributed by atoms with E-state index < -0.39 is 119 Å². The van der Waals surface area contributed by atoms with Gasteiger partial charge in [0.25, 0.3) is 0 Å². The molecule has 17 heteroatoms. The van der Waals surface area contributed by atoms with E-state index in [4.69, 9.17) is 33.2 Å². The van der Waals surface area contributed by atoms with Crippen molar-refractivity contribution in [2.75, 3.05) is 26.4 Å². The second kappa shape index (κ2) is 16.7. The summed E-state index contributed by atoms with van der Waals surface area (Å²) in [6.07, 6.45) is -7.83. The van der Waals surface area contributed by atoms with E-state index in [1.54, 1.807) is 85.7 Å². The molecule has 1 unspecified atom stereocenters. The van der Waals surface area contributed by atoms with Crippen molar-refractivity contribution in [2.45, 2.75) is 165 Å². The second-order valence-corrected chi connectivity index (χ2v) is 20.0. The lowest BCUT2D eigenvalue weighted by atomic mass is 9.49. The van der Waals surface area contributed by atoms with Gasteiger partial charge in [0.05, 0.1) is 29.9 Å². The number of carbonyl (C=O) groups excluding carboxylic acids is 4. The Labute approximate surface area is 361 Å². The Morgan fingerprint density at radius 3 is 2.29 bits per heavy atom. The number of esters is 3. The van der Waals surface area contributed by atoms with Gasteiger partial charge in [-0.1, -0.05) is 32.0 Å². The van der Waals surface area contributed by atoms with Gasteiger partial charge in [0.1, 0.15) is 42.3 Å². The highest BCUT2D eigenvalue weighted by molar-refractivity contribution is 5.89. The van der Waals surface area contributed by atoms with Gasteiger partial charge in [-0.2, -0.15) is 0 Å². The largest absolute Gasteiger partial charge is 0.456 e. The highest BCUT2D eigenvalue weighted by atomic mass is 19.1. The molecule has 3 aliphatic carbocycles. The minimum Gasteiger partial charge on any atom is -0.456 e. The molecular formula is C45H63FN2O14. The Morgan fingerprint density at radius 1 is 1.03 bits per heavy atom. The zero-order valence-electron chi connectivity index (χ0n) is 37.1. The highest BCUT2D eigenvalue weighted by Gasteiger charge is 2.74. The molecule has 7 rings (SSSR count). The first-order valence-electron chi connectivity index (χ1n) is 21.6. The molecule has 0 aromatic heterocycles. The maximum absolute atomic E-state index is 14.4. The molecule has 5 fully saturated rings. The normalized spacial score (nSPS) is 36.1. The third-order valence-corrected chi connectivity index (χ3v) is 14.1. The predicted molar refractivity (Wildman–Crippen MR) is 217 cm³/mol. The van der Waals surface area contributed by atoms with Crippen molar-refractivity contribution in [3.63, 3.8) is 0 Å². The van der Waals surface area contributed by atoms with Crippen LogP contribution in [0, 0.1) is 17.3 Å². The highest BCUT2D eigenvalue weighted by Crippen LogP contribution is 2.63. The van der Waals surface area contributed by atoms with E-state index in [0.29, 0.717) is 37.1 Å². The topological polar surface area (TPSA) is 209 Å². The number of rotatable bonds is 11. The Balaban J connectivity index is 1.34. The van der Waals surface area contributed by atoms with Crippen LogP contribution in [-0.2, 0) is 42.7 Å². The molecule has 1 amide bonds. The minimum absolute atomic E-state index is 0.0569.